The van der Waals surface area contributed by atoms with E-state index in [0.717, 1.165) is 6.08 Å². The maximum atomic E-state index is 12.1. The fourth-order valence-electron chi connectivity index (χ4n) is 2.14. The van der Waals surface area contributed by atoms with Crippen LogP contribution in [0.2, 0.25) is 0 Å². The van der Waals surface area contributed by atoms with Crippen molar-refractivity contribution in [3.8, 4) is 11.5 Å². The predicted octanol–water partition coefficient (Wildman–Crippen LogP) is 2.98. The van der Waals surface area contributed by atoms with Crippen LogP contribution in [0.15, 0.2) is 52.2 Å². The van der Waals surface area contributed by atoms with Gasteiger partial charge in [-0.15, -0.1) is 6.58 Å². The smallest absolute Gasteiger partial charge is 0.351 e. The molecule has 1 aromatic heterocycles. The lowest BCUT2D eigenvalue weighted by Crippen LogP contribution is -2.12. The number of carbonyl (C=O) groups is 1. The SMILES string of the molecule is C=CCc1cccc(/C=C/C(=O)c2c(O)cc(C)oc2=O)c1O. The molecule has 0 aliphatic rings. The van der Waals surface area contributed by atoms with Crippen molar-refractivity contribution >= 4 is 11.9 Å². The minimum atomic E-state index is -0.901. The number of hydrogen-bond acceptors (Lipinski definition) is 5. The van der Waals surface area contributed by atoms with E-state index in [1.54, 1.807) is 24.3 Å². The Kier molecular flexibility index (Phi) is 4.81. The zero-order valence-corrected chi connectivity index (χ0v) is 12.6. The largest absolute Gasteiger partial charge is 0.507 e. The molecule has 5 nitrogen and oxygen atoms in total. The van der Waals surface area contributed by atoms with E-state index in [-0.39, 0.29) is 11.5 Å². The Balaban J connectivity index is 2.35. The normalized spacial score (nSPS) is 10.8. The third-order valence-electron chi connectivity index (χ3n) is 3.23. The zero-order valence-electron chi connectivity index (χ0n) is 12.6. The van der Waals surface area contributed by atoms with Crippen molar-refractivity contribution < 1.29 is 19.4 Å². The summed E-state index contributed by atoms with van der Waals surface area (Å²) in [6.07, 6.45) is 4.63. The van der Waals surface area contributed by atoms with Gasteiger partial charge in [-0.3, -0.25) is 4.79 Å². The van der Waals surface area contributed by atoms with E-state index in [1.165, 1.54) is 19.1 Å². The van der Waals surface area contributed by atoms with Gasteiger partial charge < -0.3 is 14.6 Å². The molecular formula is C18H16O5. The number of ketones is 1. The van der Waals surface area contributed by atoms with Crippen LogP contribution >= 0.6 is 0 Å². The number of hydrogen-bond donors (Lipinski definition) is 2. The van der Waals surface area contributed by atoms with Gasteiger partial charge >= 0.3 is 5.63 Å². The lowest BCUT2D eigenvalue weighted by atomic mass is 10.0. The van der Waals surface area contributed by atoms with Gasteiger partial charge in [0, 0.05) is 11.6 Å². The van der Waals surface area contributed by atoms with Crippen molar-refractivity contribution in [2.24, 2.45) is 0 Å². The highest BCUT2D eigenvalue weighted by Crippen LogP contribution is 2.25. The van der Waals surface area contributed by atoms with Crippen molar-refractivity contribution in [3.05, 3.63) is 75.9 Å². The minimum Gasteiger partial charge on any atom is -0.507 e. The van der Waals surface area contributed by atoms with E-state index in [2.05, 4.69) is 6.58 Å². The molecule has 2 N–H and O–H groups in total. The van der Waals surface area contributed by atoms with Gasteiger partial charge in [0.25, 0.3) is 0 Å². The fraction of sp³-hybridized carbons (Fsp3) is 0.111. The summed E-state index contributed by atoms with van der Waals surface area (Å²) in [7, 11) is 0. The molecule has 0 radical (unpaired) electrons. The van der Waals surface area contributed by atoms with Crippen LogP contribution in [0, 0.1) is 6.92 Å². The number of phenolic OH excluding ortho intramolecular Hbond substituents is 1. The van der Waals surface area contributed by atoms with Crippen LogP contribution < -0.4 is 5.63 Å². The van der Waals surface area contributed by atoms with Gasteiger partial charge in [0.15, 0.2) is 5.78 Å². The fourth-order valence-corrected chi connectivity index (χ4v) is 2.14. The lowest BCUT2D eigenvalue weighted by molar-refractivity contribution is 0.104. The van der Waals surface area contributed by atoms with Gasteiger partial charge in [0.1, 0.15) is 22.8 Å². The molecule has 0 saturated carbocycles. The number of phenols is 1. The maximum absolute atomic E-state index is 12.1. The number of benzene rings is 1. The second kappa shape index (κ2) is 6.79. The van der Waals surface area contributed by atoms with Gasteiger partial charge in [-0.25, -0.2) is 4.79 Å². The van der Waals surface area contributed by atoms with Gasteiger partial charge in [-0.2, -0.15) is 0 Å². The summed E-state index contributed by atoms with van der Waals surface area (Å²) in [5, 5.41) is 19.8. The third-order valence-corrected chi connectivity index (χ3v) is 3.23. The van der Waals surface area contributed by atoms with Crippen molar-refractivity contribution in [3.63, 3.8) is 0 Å². The predicted molar refractivity (Wildman–Crippen MR) is 86.8 cm³/mol. The number of carbonyl (C=O) groups excluding carboxylic acids is 1. The summed E-state index contributed by atoms with van der Waals surface area (Å²) in [6.45, 7) is 5.11. The van der Waals surface area contributed by atoms with E-state index >= 15 is 0 Å². The van der Waals surface area contributed by atoms with Crippen LogP contribution in [0.25, 0.3) is 6.08 Å². The summed E-state index contributed by atoms with van der Waals surface area (Å²) in [4.78, 5) is 23.8. The summed E-state index contributed by atoms with van der Waals surface area (Å²) < 4.78 is 4.81. The first-order chi connectivity index (χ1) is 10.9. The molecule has 0 atom stereocenters. The van der Waals surface area contributed by atoms with Gasteiger partial charge in [-0.1, -0.05) is 24.3 Å². The number of aromatic hydroxyl groups is 2. The lowest BCUT2D eigenvalue weighted by Gasteiger charge is -2.05. The molecular weight excluding hydrogens is 296 g/mol. The number of para-hydroxylation sites is 1. The molecule has 0 aliphatic carbocycles. The highest BCUT2D eigenvalue weighted by molar-refractivity contribution is 6.08. The van der Waals surface area contributed by atoms with Gasteiger partial charge in [-0.05, 0) is 31.1 Å². The molecule has 0 spiro atoms. The van der Waals surface area contributed by atoms with Crippen LogP contribution in [-0.2, 0) is 6.42 Å². The second-order valence-electron chi connectivity index (χ2n) is 4.95. The molecule has 2 rings (SSSR count). The average Bonchev–Trinajstić information content (AvgIpc) is 2.47. The Hall–Kier alpha value is -3.08. The first kappa shape index (κ1) is 16.3. The monoisotopic (exact) mass is 312 g/mol. The standard InChI is InChI=1S/C18H16O5/c1-3-5-12-6-4-7-13(17(12)21)8-9-14(19)16-15(20)10-11(2)23-18(16)22/h3-4,6-10,20-21H,1,5H2,2H3/b9-8+. The maximum Gasteiger partial charge on any atom is 0.351 e. The molecule has 0 amide bonds. The van der Waals surface area contributed by atoms with Crippen molar-refractivity contribution in [2.75, 3.05) is 0 Å². The Morgan fingerprint density at radius 2 is 2.09 bits per heavy atom. The number of aryl methyl sites for hydroxylation is 1. The number of allylic oxidation sites excluding steroid dienone is 2. The van der Waals surface area contributed by atoms with E-state index in [4.69, 9.17) is 4.42 Å². The molecule has 0 aliphatic heterocycles. The van der Waals surface area contributed by atoms with E-state index in [0.29, 0.717) is 17.5 Å². The van der Waals surface area contributed by atoms with E-state index in [1.807, 2.05) is 0 Å². The molecule has 0 fully saturated rings. The highest BCUT2D eigenvalue weighted by Gasteiger charge is 2.16. The Morgan fingerprint density at radius 3 is 2.74 bits per heavy atom. The van der Waals surface area contributed by atoms with E-state index < -0.39 is 22.7 Å². The first-order valence-electron chi connectivity index (χ1n) is 6.92. The molecule has 1 heterocycles. The zero-order chi connectivity index (χ0) is 17.0. The summed E-state index contributed by atoms with van der Waals surface area (Å²) in [5.74, 6) is -0.887. The molecule has 23 heavy (non-hydrogen) atoms. The molecule has 0 bridgehead atoms. The minimum absolute atomic E-state index is 0.0385. The molecule has 0 unspecified atom stereocenters. The van der Waals surface area contributed by atoms with E-state index in [9.17, 15) is 19.8 Å². The Bertz CT molecular complexity index is 843. The van der Waals surface area contributed by atoms with Crippen LogP contribution in [-0.4, -0.2) is 16.0 Å². The van der Waals surface area contributed by atoms with Crippen molar-refractivity contribution in [1.29, 1.82) is 0 Å². The van der Waals surface area contributed by atoms with Crippen LogP contribution in [0.3, 0.4) is 0 Å². The highest BCUT2D eigenvalue weighted by atomic mass is 16.4. The van der Waals surface area contributed by atoms with Crippen LogP contribution in [0.1, 0.15) is 27.2 Å². The van der Waals surface area contributed by atoms with Crippen molar-refractivity contribution in [2.45, 2.75) is 13.3 Å². The topological polar surface area (TPSA) is 87.7 Å². The molecule has 118 valence electrons. The molecule has 1 aromatic carbocycles. The van der Waals surface area contributed by atoms with Gasteiger partial charge in [0.2, 0.25) is 0 Å². The Morgan fingerprint density at radius 1 is 1.35 bits per heavy atom. The second-order valence-corrected chi connectivity index (χ2v) is 4.95. The molecule has 0 saturated heterocycles. The Labute approximate surface area is 132 Å². The molecule has 2 aromatic rings. The quantitative estimate of drug-likeness (QED) is 0.503. The van der Waals surface area contributed by atoms with Gasteiger partial charge in [0.05, 0.1) is 0 Å². The summed E-state index contributed by atoms with van der Waals surface area (Å²) in [6, 6.07) is 6.31. The first-order valence-corrected chi connectivity index (χ1v) is 6.92. The number of rotatable bonds is 5. The third kappa shape index (κ3) is 3.58. The molecule has 5 heteroatoms. The van der Waals surface area contributed by atoms with Crippen LogP contribution in [0.4, 0.5) is 0 Å². The van der Waals surface area contributed by atoms with Crippen LogP contribution in [0.5, 0.6) is 11.5 Å². The average molecular weight is 312 g/mol. The van der Waals surface area contributed by atoms with Crippen molar-refractivity contribution in [1.82, 2.24) is 0 Å². The summed E-state index contributed by atoms with van der Waals surface area (Å²) in [5.41, 5.74) is -0.239. The summed E-state index contributed by atoms with van der Waals surface area (Å²) >= 11 is 0.